The van der Waals surface area contributed by atoms with Crippen LogP contribution in [0.3, 0.4) is 0 Å². The first-order valence-corrected chi connectivity index (χ1v) is 8.96. The Morgan fingerprint density at radius 2 is 1.96 bits per heavy atom. The molecule has 5 nitrogen and oxygen atoms in total. The van der Waals surface area contributed by atoms with Crippen LogP contribution in [0.2, 0.25) is 0 Å². The molecule has 0 aliphatic heterocycles. The Bertz CT molecular complexity index is 1070. The van der Waals surface area contributed by atoms with Crippen LogP contribution in [0, 0.1) is 0 Å². The quantitative estimate of drug-likeness (QED) is 0.565. The molecule has 0 saturated heterocycles. The van der Waals surface area contributed by atoms with Crippen molar-refractivity contribution >= 4 is 27.2 Å². The lowest BCUT2D eigenvalue weighted by Gasteiger charge is -2.22. The van der Waals surface area contributed by atoms with Crippen molar-refractivity contribution in [1.82, 2.24) is 19.3 Å². The van der Waals surface area contributed by atoms with Crippen molar-refractivity contribution in [2.75, 3.05) is 7.05 Å². The van der Waals surface area contributed by atoms with Gasteiger partial charge in [-0.25, -0.2) is 9.97 Å². The van der Waals surface area contributed by atoms with Crippen LogP contribution in [0.15, 0.2) is 59.5 Å². The number of rotatable bonds is 4. The van der Waals surface area contributed by atoms with Crippen LogP contribution in [0.4, 0.5) is 0 Å². The molecular weight excluding hydrogens is 332 g/mol. The molecule has 4 aromatic rings. The highest BCUT2D eigenvalue weighted by molar-refractivity contribution is 7.18. The molecular formula is C19H18N4OS. The third-order valence-corrected chi connectivity index (χ3v) is 5.57. The fraction of sp³-hybridized carbons (Fsp3) is 0.211. The van der Waals surface area contributed by atoms with Gasteiger partial charge in [0, 0.05) is 18.8 Å². The molecule has 4 rings (SSSR count). The van der Waals surface area contributed by atoms with Gasteiger partial charge < -0.3 is 0 Å². The van der Waals surface area contributed by atoms with Crippen LogP contribution < -0.4 is 5.56 Å². The van der Waals surface area contributed by atoms with Crippen LogP contribution >= 0.6 is 11.3 Å². The summed E-state index contributed by atoms with van der Waals surface area (Å²) in [5, 5.41) is 1.07. The lowest BCUT2D eigenvalue weighted by atomic mass is 10.2. The van der Waals surface area contributed by atoms with E-state index >= 15 is 0 Å². The highest BCUT2D eigenvalue weighted by Crippen LogP contribution is 2.29. The zero-order chi connectivity index (χ0) is 17.4. The van der Waals surface area contributed by atoms with Crippen LogP contribution in [-0.2, 0) is 6.54 Å². The third-order valence-electron chi connectivity index (χ3n) is 4.36. The summed E-state index contributed by atoms with van der Waals surface area (Å²) >= 11 is 1.71. The minimum atomic E-state index is -0.0540. The number of para-hydroxylation sites is 1. The second kappa shape index (κ2) is 6.38. The van der Waals surface area contributed by atoms with Gasteiger partial charge in [0.25, 0.3) is 5.56 Å². The predicted octanol–water partition coefficient (Wildman–Crippen LogP) is 3.50. The Morgan fingerprint density at radius 3 is 2.80 bits per heavy atom. The third kappa shape index (κ3) is 3.06. The monoisotopic (exact) mass is 350 g/mol. The minimum Gasteiger partial charge on any atom is -0.291 e. The average Bonchev–Trinajstić information content (AvgIpc) is 3.05. The zero-order valence-corrected chi connectivity index (χ0v) is 14.9. The van der Waals surface area contributed by atoms with E-state index in [1.165, 1.54) is 4.70 Å². The molecule has 0 saturated carbocycles. The predicted molar refractivity (Wildman–Crippen MR) is 101 cm³/mol. The van der Waals surface area contributed by atoms with E-state index in [1.54, 1.807) is 28.0 Å². The van der Waals surface area contributed by atoms with Gasteiger partial charge in [0.05, 0.1) is 22.0 Å². The SMILES string of the molecule is C[C@@H](c1nc2ccccc2s1)N(C)Cc1cc(=O)n2ccccc2n1. The molecule has 0 spiro atoms. The van der Waals surface area contributed by atoms with Crippen molar-refractivity contribution in [2.24, 2.45) is 0 Å². The fourth-order valence-electron chi connectivity index (χ4n) is 2.83. The van der Waals surface area contributed by atoms with E-state index in [1.807, 2.05) is 43.4 Å². The van der Waals surface area contributed by atoms with Crippen LogP contribution in [0.5, 0.6) is 0 Å². The van der Waals surface area contributed by atoms with Crippen molar-refractivity contribution in [3.8, 4) is 0 Å². The molecule has 0 aliphatic rings. The normalized spacial score (nSPS) is 12.9. The van der Waals surface area contributed by atoms with Gasteiger partial charge in [-0.05, 0) is 38.2 Å². The van der Waals surface area contributed by atoms with Crippen LogP contribution in [0.25, 0.3) is 15.9 Å². The number of aromatic nitrogens is 3. The van der Waals surface area contributed by atoms with E-state index in [2.05, 4.69) is 22.9 Å². The lowest BCUT2D eigenvalue weighted by Crippen LogP contribution is -2.24. The smallest absolute Gasteiger partial charge is 0.258 e. The molecule has 1 atom stereocenters. The standard InChI is InChI=1S/C19H18N4OS/c1-13(19-21-15-7-3-4-8-16(15)25-19)22(2)12-14-11-18(24)23-10-6-5-9-17(23)20-14/h3-11,13H,12H2,1-2H3/t13-/m0/s1. The maximum Gasteiger partial charge on any atom is 0.258 e. The zero-order valence-electron chi connectivity index (χ0n) is 14.1. The van der Waals surface area contributed by atoms with Gasteiger partial charge in [0.15, 0.2) is 0 Å². The summed E-state index contributed by atoms with van der Waals surface area (Å²) in [6.45, 7) is 2.73. The Hall–Kier alpha value is -2.57. The molecule has 6 heteroatoms. The lowest BCUT2D eigenvalue weighted by molar-refractivity contribution is 0.250. The number of hydrogen-bond donors (Lipinski definition) is 0. The summed E-state index contributed by atoms with van der Waals surface area (Å²) < 4.78 is 2.75. The molecule has 1 aromatic carbocycles. The molecule has 0 unspecified atom stereocenters. The van der Waals surface area contributed by atoms with Crippen molar-refractivity contribution in [3.05, 3.63) is 75.8 Å². The second-order valence-corrected chi connectivity index (χ2v) is 7.19. The Kier molecular flexibility index (Phi) is 4.07. The maximum atomic E-state index is 12.2. The molecule has 0 bridgehead atoms. The number of hydrogen-bond acceptors (Lipinski definition) is 5. The minimum absolute atomic E-state index is 0.0540. The second-order valence-electron chi connectivity index (χ2n) is 6.13. The van der Waals surface area contributed by atoms with E-state index in [0.29, 0.717) is 12.2 Å². The summed E-state index contributed by atoms with van der Waals surface area (Å²) in [5.74, 6) is 0. The number of thiazole rings is 1. The topological polar surface area (TPSA) is 50.5 Å². The molecule has 0 N–H and O–H groups in total. The Balaban J connectivity index is 1.60. The number of nitrogens with zero attached hydrogens (tertiary/aromatic N) is 4. The molecule has 0 amide bonds. The molecule has 0 radical (unpaired) electrons. The van der Waals surface area contributed by atoms with Crippen LogP contribution in [0.1, 0.15) is 23.7 Å². The van der Waals surface area contributed by atoms with Gasteiger partial charge in [0.2, 0.25) is 0 Å². The molecule has 25 heavy (non-hydrogen) atoms. The van der Waals surface area contributed by atoms with Crippen LogP contribution in [-0.4, -0.2) is 26.3 Å². The molecule has 3 heterocycles. The first kappa shape index (κ1) is 15.9. The van der Waals surface area contributed by atoms with E-state index in [9.17, 15) is 4.79 Å². The summed E-state index contributed by atoms with van der Waals surface area (Å²) in [7, 11) is 2.03. The van der Waals surface area contributed by atoms with E-state index in [-0.39, 0.29) is 11.6 Å². The van der Waals surface area contributed by atoms with Gasteiger partial charge >= 0.3 is 0 Å². The first-order chi connectivity index (χ1) is 12.1. The van der Waals surface area contributed by atoms with Gasteiger partial charge in [-0.3, -0.25) is 14.1 Å². The molecule has 0 fully saturated rings. The summed E-state index contributed by atoms with van der Waals surface area (Å²) in [5.41, 5.74) is 2.42. The summed E-state index contributed by atoms with van der Waals surface area (Å²) in [6, 6.07) is 15.5. The first-order valence-electron chi connectivity index (χ1n) is 8.15. The van der Waals surface area contributed by atoms with Crippen molar-refractivity contribution < 1.29 is 0 Å². The Morgan fingerprint density at radius 1 is 1.16 bits per heavy atom. The maximum absolute atomic E-state index is 12.2. The van der Waals surface area contributed by atoms with E-state index in [0.717, 1.165) is 16.2 Å². The number of pyridine rings is 1. The van der Waals surface area contributed by atoms with Gasteiger partial charge in [-0.15, -0.1) is 11.3 Å². The number of fused-ring (bicyclic) bond motifs is 2. The Labute approximate surface area is 149 Å². The van der Waals surface area contributed by atoms with Crippen molar-refractivity contribution in [3.63, 3.8) is 0 Å². The van der Waals surface area contributed by atoms with Gasteiger partial charge in [0.1, 0.15) is 10.7 Å². The summed E-state index contributed by atoms with van der Waals surface area (Å²) in [6.07, 6.45) is 1.74. The number of benzene rings is 1. The van der Waals surface area contributed by atoms with Gasteiger partial charge in [-0.2, -0.15) is 0 Å². The highest BCUT2D eigenvalue weighted by atomic mass is 32.1. The van der Waals surface area contributed by atoms with E-state index < -0.39 is 0 Å². The average molecular weight is 350 g/mol. The molecule has 126 valence electrons. The summed E-state index contributed by atoms with van der Waals surface area (Å²) in [4.78, 5) is 23.7. The van der Waals surface area contributed by atoms with Crippen molar-refractivity contribution in [1.29, 1.82) is 0 Å². The van der Waals surface area contributed by atoms with E-state index in [4.69, 9.17) is 4.98 Å². The molecule has 3 aromatic heterocycles. The van der Waals surface area contributed by atoms with Gasteiger partial charge in [-0.1, -0.05) is 18.2 Å². The largest absolute Gasteiger partial charge is 0.291 e. The molecule has 0 aliphatic carbocycles. The fourth-order valence-corrected chi connectivity index (χ4v) is 3.92. The highest BCUT2D eigenvalue weighted by Gasteiger charge is 2.17. The van der Waals surface area contributed by atoms with Crippen molar-refractivity contribution in [2.45, 2.75) is 19.5 Å².